The molecule has 3 heterocycles. The van der Waals surface area contributed by atoms with E-state index in [1.54, 1.807) is 36.4 Å². The van der Waals surface area contributed by atoms with Crippen LogP contribution in [0.3, 0.4) is 0 Å². The highest BCUT2D eigenvalue weighted by Crippen LogP contribution is 2.43. The van der Waals surface area contributed by atoms with Crippen LogP contribution in [0.5, 0.6) is 5.75 Å². The van der Waals surface area contributed by atoms with Gasteiger partial charge in [0.2, 0.25) is 5.88 Å². The van der Waals surface area contributed by atoms with Gasteiger partial charge < -0.3 is 18.4 Å². The molecule has 4 rings (SSSR count). The Morgan fingerprint density at radius 2 is 1.79 bits per heavy atom. The van der Waals surface area contributed by atoms with Crippen molar-refractivity contribution in [2.45, 2.75) is 0 Å². The van der Waals surface area contributed by atoms with Crippen molar-refractivity contribution in [3.8, 4) is 34.7 Å². The smallest absolute Gasteiger partial charge is 0.238 e. The molecule has 28 heavy (non-hydrogen) atoms. The average Bonchev–Trinajstić information content (AvgIpc) is 3.42. The van der Waals surface area contributed by atoms with Gasteiger partial charge in [0.25, 0.3) is 0 Å². The van der Waals surface area contributed by atoms with Gasteiger partial charge in [0, 0.05) is 16.3 Å². The summed E-state index contributed by atoms with van der Waals surface area (Å²) in [5.74, 6) is 1.34. The summed E-state index contributed by atoms with van der Waals surface area (Å²) in [6.45, 7) is 0. The maximum absolute atomic E-state index is 10.2. The van der Waals surface area contributed by atoms with Gasteiger partial charge in [-0.15, -0.1) is 0 Å². The zero-order valence-electron chi connectivity index (χ0n) is 14.0. The van der Waals surface area contributed by atoms with Crippen LogP contribution in [-0.4, -0.2) is 11.3 Å². The monoisotopic (exact) mass is 500 g/mol. The number of nitriles is 1. The van der Waals surface area contributed by atoms with Crippen molar-refractivity contribution in [2.75, 3.05) is 0 Å². The van der Waals surface area contributed by atoms with E-state index in [9.17, 15) is 10.4 Å². The molecule has 0 amide bonds. The van der Waals surface area contributed by atoms with E-state index in [1.807, 2.05) is 0 Å². The van der Waals surface area contributed by atoms with E-state index in [4.69, 9.17) is 13.3 Å². The summed E-state index contributed by atoms with van der Waals surface area (Å²) < 4.78 is 18.0. The van der Waals surface area contributed by atoms with Gasteiger partial charge in [-0.1, -0.05) is 15.9 Å². The summed E-state index contributed by atoms with van der Waals surface area (Å²) in [6, 6.07) is 12.4. The van der Waals surface area contributed by atoms with Crippen LogP contribution in [0.15, 0.2) is 76.1 Å². The quantitative estimate of drug-likeness (QED) is 0.315. The topological polar surface area (TPSA) is 95.8 Å². The third kappa shape index (κ3) is 3.30. The Morgan fingerprint density at radius 3 is 2.43 bits per heavy atom. The number of phenolic OH excluding ortho intramolecular Hbond substituents is 1. The second kappa shape index (κ2) is 7.54. The first kappa shape index (κ1) is 18.3. The minimum atomic E-state index is 0.0227. The minimum absolute atomic E-state index is 0.0227. The molecule has 1 N–H and O–H groups in total. The lowest BCUT2D eigenvalue weighted by Gasteiger charge is -2.02. The van der Waals surface area contributed by atoms with Gasteiger partial charge in [-0.25, -0.2) is 4.99 Å². The molecule has 0 radical (unpaired) electrons. The van der Waals surface area contributed by atoms with Crippen molar-refractivity contribution in [1.29, 1.82) is 5.26 Å². The Kier molecular flexibility index (Phi) is 4.94. The molecule has 0 bridgehead atoms. The van der Waals surface area contributed by atoms with Crippen LogP contribution in [0, 0.1) is 11.3 Å². The average molecular weight is 502 g/mol. The largest absolute Gasteiger partial charge is 0.506 e. The van der Waals surface area contributed by atoms with E-state index in [2.05, 4.69) is 42.9 Å². The zero-order chi connectivity index (χ0) is 19.7. The van der Waals surface area contributed by atoms with Crippen LogP contribution < -0.4 is 0 Å². The maximum Gasteiger partial charge on any atom is 0.238 e. The lowest BCUT2D eigenvalue weighted by atomic mass is 10.1. The highest BCUT2D eigenvalue weighted by Gasteiger charge is 2.26. The normalized spacial score (nSPS) is 11.2. The molecule has 0 saturated heterocycles. The third-order valence-electron chi connectivity index (χ3n) is 3.89. The van der Waals surface area contributed by atoms with E-state index in [-0.39, 0.29) is 17.2 Å². The van der Waals surface area contributed by atoms with Crippen molar-refractivity contribution >= 4 is 44.0 Å². The fourth-order valence-electron chi connectivity index (χ4n) is 2.66. The van der Waals surface area contributed by atoms with Crippen molar-refractivity contribution in [3.05, 3.63) is 69.0 Å². The Hall–Kier alpha value is -3.02. The molecule has 0 unspecified atom stereocenters. The highest BCUT2D eigenvalue weighted by molar-refractivity contribution is 9.11. The zero-order valence-corrected chi connectivity index (χ0v) is 17.2. The first-order valence-electron chi connectivity index (χ1n) is 7.95. The number of phenols is 1. The predicted molar refractivity (Wildman–Crippen MR) is 110 cm³/mol. The fraction of sp³-hybridized carbons (Fsp3) is 0. The molecule has 1 aromatic carbocycles. The van der Waals surface area contributed by atoms with Crippen LogP contribution in [0.2, 0.25) is 0 Å². The van der Waals surface area contributed by atoms with Crippen molar-refractivity contribution in [1.82, 2.24) is 0 Å². The van der Waals surface area contributed by atoms with E-state index in [0.717, 1.165) is 4.47 Å². The number of benzene rings is 1. The van der Waals surface area contributed by atoms with E-state index < -0.39 is 0 Å². The van der Waals surface area contributed by atoms with E-state index >= 15 is 0 Å². The van der Waals surface area contributed by atoms with Crippen LogP contribution in [-0.2, 0) is 0 Å². The maximum atomic E-state index is 10.2. The molecule has 4 aromatic rings. The van der Waals surface area contributed by atoms with Crippen LogP contribution in [0.4, 0.5) is 5.88 Å². The second-order valence-corrected chi connectivity index (χ2v) is 7.41. The molecule has 3 aromatic heterocycles. The third-order valence-corrected chi connectivity index (χ3v) is 4.95. The summed E-state index contributed by atoms with van der Waals surface area (Å²) in [5.41, 5.74) is 1.10. The summed E-state index contributed by atoms with van der Waals surface area (Å²) in [7, 11) is 0. The molecule has 6 nitrogen and oxygen atoms in total. The predicted octanol–water partition coefficient (Wildman–Crippen LogP) is 6.65. The molecule has 8 heteroatoms. The fourth-order valence-corrected chi connectivity index (χ4v) is 3.92. The number of hydrogen-bond donors (Lipinski definition) is 1. The Bertz CT molecular complexity index is 1200. The second-order valence-electron chi connectivity index (χ2n) is 5.64. The molecule has 0 aliphatic carbocycles. The first-order chi connectivity index (χ1) is 13.6. The van der Waals surface area contributed by atoms with Crippen LogP contribution in [0.1, 0.15) is 11.1 Å². The Labute approximate surface area is 176 Å². The van der Waals surface area contributed by atoms with Crippen LogP contribution in [0.25, 0.3) is 22.8 Å². The molecular formula is C20H10Br2N2O4. The lowest BCUT2D eigenvalue weighted by Crippen LogP contribution is -1.84. The standard InChI is InChI=1S/C20H10Br2N2O4/c21-12-7-11(18(25)14(22)8-12)10-24-20-13(9-23)17(15-3-1-5-26-15)19(28-20)16-4-2-6-27-16/h1-8,10,25H/b24-10+. The van der Waals surface area contributed by atoms with Gasteiger partial charge in [0.05, 0.1) is 22.6 Å². The molecule has 0 aliphatic heterocycles. The van der Waals surface area contributed by atoms with Crippen molar-refractivity contribution in [3.63, 3.8) is 0 Å². The Balaban J connectivity index is 1.87. The molecule has 0 saturated carbocycles. The first-order valence-corrected chi connectivity index (χ1v) is 9.53. The summed E-state index contributed by atoms with van der Waals surface area (Å²) in [5, 5.41) is 19.9. The lowest BCUT2D eigenvalue weighted by molar-refractivity contribution is 0.471. The van der Waals surface area contributed by atoms with E-state index in [0.29, 0.717) is 32.9 Å². The highest BCUT2D eigenvalue weighted by atomic mass is 79.9. The number of halogens is 2. The molecular weight excluding hydrogens is 492 g/mol. The number of aliphatic imine (C=N–C) groups is 1. The number of aromatic hydroxyl groups is 1. The number of nitrogens with zero attached hydrogens (tertiary/aromatic N) is 2. The SMILES string of the molecule is N#Cc1c(/N=C/c2cc(Br)cc(Br)c2O)oc(-c2ccco2)c1-c1ccco1. The summed E-state index contributed by atoms with van der Waals surface area (Å²) in [4.78, 5) is 4.29. The summed E-state index contributed by atoms with van der Waals surface area (Å²) >= 11 is 6.64. The van der Waals surface area contributed by atoms with Gasteiger partial charge in [0.1, 0.15) is 23.1 Å². The number of rotatable bonds is 4. The Morgan fingerprint density at radius 1 is 1.07 bits per heavy atom. The van der Waals surface area contributed by atoms with Crippen LogP contribution >= 0.6 is 31.9 Å². The number of furan rings is 3. The van der Waals surface area contributed by atoms with E-state index in [1.165, 1.54) is 18.7 Å². The van der Waals surface area contributed by atoms with Gasteiger partial charge in [-0.3, -0.25) is 0 Å². The van der Waals surface area contributed by atoms with Crippen molar-refractivity contribution in [2.24, 2.45) is 4.99 Å². The van der Waals surface area contributed by atoms with Gasteiger partial charge in [-0.05, 0) is 52.3 Å². The van der Waals surface area contributed by atoms with Gasteiger partial charge in [0.15, 0.2) is 11.5 Å². The summed E-state index contributed by atoms with van der Waals surface area (Å²) in [6.07, 6.45) is 4.44. The van der Waals surface area contributed by atoms with Gasteiger partial charge in [-0.2, -0.15) is 5.26 Å². The molecule has 0 aliphatic rings. The molecule has 0 fully saturated rings. The van der Waals surface area contributed by atoms with Crippen molar-refractivity contribution < 1.29 is 18.4 Å². The molecule has 0 atom stereocenters. The molecule has 0 spiro atoms. The van der Waals surface area contributed by atoms with Gasteiger partial charge >= 0.3 is 0 Å². The number of hydrogen-bond acceptors (Lipinski definition) is 6. The molecule has 138 valence electrons. The minimum Gasteiger partial charge on any atom is -0.506 e.